The van der Waals surface area contributed by atoms with Gasteiger partial charge in [0.15, 0.2) is 0 Å². The summed E-state index contributed by atoms with van der Waals surface area (Å²) in [6, 6.07) is 5.87. The van der Waals surface area contributed by atoms with Gasteiger partial charge in [-0.3, -0.25) is 4.79 Å². The van der Waals surface area contributed by atoms with E-state index in [0.29, 0.717) is 12.1 Å². The van der Waals surface area contributed by atoms with Crippen LogP contribution in [0.4, 0.5) is 0 Å². The van der Waals surface area contributed by atoms with Gasteiger partial charge in [-0.1, -0.05) is 12.8 Å². The Bertz CT molecular complexity index is 634. The Morgan fingerprint density at radius 2 is 2.23 bits per heavy atom. The Labute approximate surface area is 139 Å². The van der Waals surface area contributed by atoms with Crippen LogP contribution in [0.25, 0.3) is 0 Å². The molecule has 1 amide bonds. The topological polar surface area (TPSA) is 42.0 Å². The Hall–Kier alpha value is -1.33. The molecule has 0 aliphatic heterocycles. The summed E-state index contributed by atoms with van der Waals surface area (Å²) in [5.74, 6) is -0.0149. The molecule has 1 saturated carbocycles. The third-order valence-corrected chi connectivity index (χ3v) is 5.89. The zero-order valence-electron chi connectivity index (χ0n) is 12.7. The molecule has 1 aliphatic carbocycles. The molecule has 22 heavy (non-hydrogen) atoms. The lowest BCUT2D eigenvalue weighted by atomic mass is 9.80. The highest BCUT2D eigenvalue weighted by Gasteiger charge is 2.36. The number of nitrogens with one attached hydrogen (secondary N) is 1. The Morgan fingerprint density at radius 3 is 2.91 bits per heavy atom. The van der Waals surface area contributed by atoms with E-state index in [1.807, 2.05) is 18.4 Å². The largest absolute Gasteiger partial charge is 0.351 e. The second-order valence-corrected chi connectivity index (χ2v) is 7.32. The number of carbonyl (C=O) groups excluding carboxylic acids is 1. The first-order valence-electron chi connectivity index (χ1n) is 7.55. The first kappa shape index (κ1) is 15.6. The van der Waals surface area contributed by atoms with Crippen LogP contribution in [0.15, 0.2) is 40.2 Å². The van der Waals surface area contributed by atoms with E-state index in [0.717, 1.165) is 17.9 Å². The van der Waals surface area contributed by atoms with E-state index in [1.54, 1.807) is 17.5 Å². The summed E-state index contributed by atoms with van der Waals surface area (Å²) >= 11 is 3.24. The highest BCUT2D eigenvalue weighted by atomic mass is 32.2. The number of thioether (sulfide) groups is 1. The van der Waals surface area contributed by atoms with Crippen molar-refractivity contribution in [3.63, 3.8) is 0 Å². The minimum Gasteiger partial charge on any atom is -0.351 e. The molecule has 1 aliphatic rings. The molecule has 0 atom stereocenters. The van der Waals surface area contributed by atoms with Gasteiger partial charge in [0.1, 0.15) is 5.03 Å². The van der Waals surface area contributed by atoms with Crippen LogP contribution in [0.3, 0.4) is 0 Å². The van der Waals surface area contributed by atoms with Crippen LogP contribution in [0.2, 0.25) is 0 Å². The maximum absolute atomic E-state index is 12.5. The monoisotopic (exact) mass is 332 g/mol. The van der Waals surface area contributed by atoms with Crippen molar-refractivity contribution in [3.05, 3.63) is 46.3 Å². The lowest BCUT2D eigenvalue weighted by Crippen LogP contribution is -2.39. The summed E-state index contributed by atoms with van der Waals surface area (Å²) in [5, 5.41) is 8.31. The lowest BCUT2D eigenvalue weighted by molar-refractivity contribution is 0.0939. The summed E-state index contributed by atoms with van der Waals surface area (Å²) in [6.07, 6.45) is 8.48. The van der Waals surface area contributed by atoms with Crippen molar-refractivity contribution in [2.45, 2.75) is 36.1 Å². The van der Waals surface area contributed by atoms with Crippen molar-refractivity contribution in [1.82, 2.24) is 10.3 Å². The lowest BCUT2D eigenvalue weighted by Gasteiger charge is -2.28. The van der Waals surface area contributed by atoms with Gasteiger partial charge in [-0.25, -0.2) is 4.98 Å². The minimum atomic E-state index is -0.0149. The van der Waals surface area contributed by atoms with E-state index >= 15 is 0 Å². The zero-order chi connectivity index (χ0) is 15.4. The summed E-state index contributed by atoms with van der Waals surface area (Å²) in [5.41, 5.74) is 2.18. The number of hydrogen-bond donors (Lipinski definition) is 1. The second kappa shape index (κ2) is 6.84. The summed E-state index contributed by atoms with van der Waals surface area (Å²) in [7, 11) is 0. The fraction of sp³-hybridized carbons (Fsp3) is 0.412. The Morgan fingerprint density at radius 1 is 1.41 bits per heavy atom. The van der Waals surface area contributed by atoms with Crippen molar-refractivity contribution in [1.29, 1.82) is 0 Å². The molecule has 0 spiro atoms. The summed E-state index contributed by atoms with van der Waals surface area (Å²) in [4.78, 5) is 16.8. The predicted molar refractivity (Wildman–Crippen MR) is 92.8 cm³/mol. The third-order valence-electron chi connectivity index (χ3n) is 4.49. The van der Waals surface area contributed by atoms with Crippen LogP contribution in [-0.4, -0.2) is 23.7 Å². The van der Waals surface area contributed by atoms with Crippen molar-refractivity contribution < 1.29 is 4.79 Å². The van der Waals surface area contributed by atoms with Gasteiger partial charge in [-0.2, -0.15) is 11.3 Å². The molecule has 5 heteroatoms. The van der Waals surface area contributed by atoms with Crippen molar-refractivity contribution in [2.24, 2.45) is 0 Å². The molecule has 3 nitrogen and oxygen atoms in total. The number of amides is 1. The molecule has 2 aromatic heterocycles. The molecule has 0 saturated heterocycles. The number of rotatable bonds is 5. The smallest absolute Gasteiger partial charge is 0.254 e. The normalized spacial score (nSPS) is 16.6. The highest BCUT2D eigenvalue weighted by Crippen LogP contribution is 2.41. The first-order chi connectivity index (χ1) is 10.7. The molecule has 0 bridgehead atoms. The van der Waals surface area contributed by atoms with Crippen LogP contribution < -0.4 is 5.32 Å². The van der Waals surface area contributed by atoms with Crippen LogP contribution >= 0.6 is 23.1 Å². The van der Waals surface area contributed by atoms with E-state index in [-0.39, 0.29) is 11.3 Å². The molecular formula is C17H20N2OS2. The molecule has 2 aromatic rings. The average Bonchev–Trinajstić information content (AvgIpc) is 3.24. The fourth-order valence-corrected chi connectivity index (χ4v) is 4.58. The van der Waals surface area contributed by atoms with Crippen molar-refractivity contribution >= 4 is 29.0 Å². The molecule has 116 valence electrons. The van der Waals surface area contributed by atoms with Crippen molar-refractivity contribution in [3.8, 4) is 0 Å². The molecule has 0 unspecified atom stereocenters. The highest BCUT2D eigenvalue weighted by molar-refractivity contribution is 7.98. The van der Waals surface area contributed by atoms with Crippen LogP contribution in [-0.2, 0) is 5.41 Å². The van der Waals surface area contributed by atoms with E-state index in [2.05, 4.69) is 27.1 Å². The fourth-order valence-electron chi connectivity index (χ4n) is 3.26. The third kappa shape index (κ3) is 3.06. The van der Waals surface area contributed by atoms with Gasteiger partial charge in [0.2, 0.25) is 0 Å². The van der Waals surface area contributed by atoms with Crippen LogP contribution in [0.1, 0.15) is 41.6 Å². The summed E-state index contributed by atoms with van der Waals surface area (Å²) < 4.78 is 0. The van der Waals surface area contributed by atoms with Gasteiger partial charge in [-0.05, 0) is 53.6 Å². The number of carbonyl (C=O) groups is 1. The van der Waals surface area contributed by atoms with Crippen LogP contribution in [0, 0.1) is 0 Å². The van der Waals surface area contributed by atoms with E-state index in [9.17, 15) is 4.79 Å². The molecule has 2 heterocycles. The summed E-state index contributed by atoms with van der Waals surface area (Å²) in [6.45, 7) is 0.714. The first-order valence-corrected chi connectivity index (χ1v) is 9.72. The van der Waals surface area contributed by atoms with E-state index < -0.39 is 0 Å². The Kier molecular flexibility index (Phi) is 4.84. The number of aromatic nitrogens is 1. The number of pyridine rings is 1. The van der Waals surface area contributed by atoms with Gasteiger partial charge < -0.3 is 5.32 Å². The quantitative estimate of drug-likeness (QED) is 0.838. The maximum Gasteiger partial charge on any atom is 0.254 e. The Balaban J connectivity index is 1.74. The molecule has 0 aromatic carbocycles. The van der Waals surface area contributed by atoms with E-state index in [1.165, 1.54) is 30.2 Å². The predicted octanol–water partition coefficient (Wildman–Crippen LogP) is 4.11. The molecular weight excluding hydrogens is 312 g/mol. The van der Waals surface area contributed by atoms with Gasteiger partial charge >= 0.3 is 0 Å². The molecule has 0 radical (unpaired) electrons. The van der Waals surface area contributed by atoms with Gasteiger partial charge in [0.05, 0.1) is 5.56 Å². The number of nitrogens with zero attached hydrogens (tertiary/aromatic N) is 1. The number of thiophene rings is 1. The van der Waals surface area contributed by atoms with E-state index in [4.69, 9.17) is 0 Å². The van der Waals surface area contributed by atoms with Gasteiger partial charge in [-0.15, -0.1) is 11.8 Å². The molecule has 3 rings (SSSR count). The second-order valence-electron chi connectivity index (χ2n) is 5.74. The zero-order valence-corrected chi connectivity index (χ0v) is 14.3. The maximum atomic E-state index is 12.5. The van der Waals surface area contributed by atoms with Crippen LogP contribution in [0.5, 0.6) is 0 Å². The molecule has 1 fully saturated rings. The number of hydrogen-bond acceptors (Lipinski definition) is 4. The van der Waals surface area contributed by atoms with Gasteiger partial charge in [0, 0.05) is 18.2 Å². The molecule has 1 N–H and O–H groups in total. The van der Waals surface area contributed by atoms with Crippen molar-refractivity contribution in [2.75, 3.05) is 12.8 Å². The SMILES string of the molecule is CSc1ncccc1C(=O)NCC1(c2ccsc2)CCCC1. The average molecular weight is 332 g/mol. The van der Waals surface area contributed by atoms with Gasteiger partial charge in [0.25, 0.3) is 5.91 Å². The standard InChI is InChI=1S/C17H20N2OS2/c1-21-16-14(5-4-9-18-16)15(20)19-12-17(7-2-3-8-17)13-6-10-22-11-13/h4-6,9-11H,2-3,7-8,12H2,1H3,(H,19,20). The minimum absolute atomic E-state index is 0.0149.